The van der Waals surface area contributed by atoms with E-state index in [9.17, 15) is 0 Å². The second kappa shape index (κ2) is 5.99. The summed E-state index contributed by atoms with van der Waals surface area (Å²) in [5.41, 5.74) is 5.75. The highest BCUT2D eigenvalue weighted by molar-refractivity contribution is 4.83. The third kappa shape index (κ3) is 3.19. The summed E-state index contributed by atoms with van der Waals surface area (Å²) >= 11 is 0. The summed E-state index contributed by atoms with van der Waals surface area (Å²) in [6.07, 6.45) is 5.46. The lowest BCUT2D eigenvalue weighted by atomic mass is 10.1. The molecule has 3 nitrogen and oxygen atoms in total. The summed E-state index contributed by atoms with van der Waals surface area (Å²) < 4.78 is 0. The van der Waals surface area contributed by atoms with Gasteiger partial charge in [-0.25, -0.2) is 0 Å². The van der Waals surface area contributed by atoms with Gasteiger partial charge in [0.1, 0.15) is 0 Å². The Morgan fingerprint density at radius 2 is 1.94 bits per heavy atom. The molecular formula is C13H27N3. The van der Waals surface area contributed by atoms with Crippen molar-refractivity contribution in [2.45, 2.75) is 38.6 Å². The van der Waals surface area contributed by atoms with Crippen molar-refractivity contribution >= 4 is 0 Å². The maximum Gasteiger partial charge on any atom is 0.00706 e. The molecule has 2 saturated heterocycles. The van der Waals surface area contributed by atoms with Crippen molar-refractivity contribution in [3.05, 3.63) is 0 Å². The fraction of sp³-hybridized carbons (Fsp3) is 1.00. The first-order valence-electron chi connectivity index (χ1n) is 6.96. The standard InChI is InChI=1S/C13H27N3/c1-12-9-13(10-14)11-16(12)8-4-7-15-5-2-3-6-15/h12-13H,2-11,14H2,1H3. The molecule has 0 saturated carbocycles. The van der Waals surface area contributed by atoms with Crippen LogP contribution >= 0.6 is 0 Å². The van der Waals surface area contributed by atoms with Gasteiger partial charge in [0, 0.05) is 12.6 Å². The average molecular weight is 225 g/mol. The first-order valence-corrected chi connectivity index (χ1v) is 6.96. The van der Waals surface area contributed by atoms with Crippen LogP contribution in [0.15, 0.2) is 0 Å². The van der Waals surface area contributed by atoms with Gasteiger partial charge >= 0.3 is 0 Å². The summed E-state index contributed by atoms with van der Waals surface area (Å²) in [4.78, 5) is 5.24. The second-order valence-corrected chi connectivity index (χ2v) is 5.58. The zero-order valence-electron chi connectivity index (χ0n) is 10.7. The summed E-state index contributed by atoms with van der Waals surface area (Å²) in [7, 11) is 0. The van der Waals surface area contributed by atoms with Crippen molar-refractivity contribution in [3.63, 3.8) is 0 Å². The Labute approximate surface area is 100.0 Å². The molecule has 0 aromatic carbocycles. The first-order chi connectivity index (χ1) is 7.79. The molecule has 0 aliphatic carbocycles. The molecule has 0 aromatic rings. The number of rotatable bonds is 5. The monoisotopic (exact) mass is 225 g/mol. The van der Waals surface area contributed by atoms with Crippen LogP contribution in [0.25, 0.3) is 0 Å². The lowest BCUT2D eigenvalue weighted by Crippen LogP contribution is -2.31. The molecule has 2 unspecified atom stereocenters. The lowest BCUT2D eigenvalue weighted by Gasteiger charge is -2.22. The van der Waals surface area contributed by atoms with Crippen LogP contribution in [0.5, 0.6) is 0 Å². The highest BCUT2D eigenvalue weighted by Gasteiger charge is 2.27. The van der Waals surface area contributed by atoms with Crippen LogP contribution in [0.3, 0.4) is 0 Å². The Morgan fingerprint density at radius 3 is 2.56 bits per heavy atom. The maximum atomic E-state index is 5.75. The molecule has 0 amide bonds. The zero-order valence-corrected chi connectivity index (χ0v) is 10.7. The molecule has 2 rings (SSSR count). The average Bonchev–Trinajstić information content (AvgIpc) is 2.89. The van der Waals surface area contributed by atoms with Gasteiger partial charge in [0.05, 0.1) is 0 Å². The van der Waals surface area contributed by atoms with E-state index >= 15 is 0 Å². The minimum Gasteiger partial charge on any atom is -0.330 e. The van der Waals surface area contributed by atoms with Crippen molar-refractivity contribution in [3.8, 4) is 0 Å². The van der Waals surface area contributed by atoms with Gasteiger partial charge in [-0.2, -0.15) is 0 Å². The first kappa shape index (κ1) is 12.3. The second-order valence-electron chi connectivity index (χ2n) is 5.58. The van der Waals surface area contributed by atoms with Crippen molar-refractivity contribution in [1.29, 1.82) is 0 Å². The Bertz CT molecular complexity index is 201. The topological polar surface area (TPSA) is 32.5 Å². The number of nitrogens with zero attached hydrogens (tertiary/aromatic N) is 2. The largest absolute Gasteiger partial charge is 0.330 e. The van der Waals surface area contributed by atoms with E-state index in [2.05, 4.69) is 16.7 Å². The van der Waals surface area contributed by atoms with Gasteiger partial charge in [0.25, 0.3) is 0 Å². The van der Waals surface area contributed by atoms with Gasteiger partial charge in [-0.1, -0.05) is 0 Å². The molecule has 2 N–H and O–H groups in total. The third-order valence-electron chi connectivity index (χ3n) is 4.24. The van der Waals surface area contributed by atoms with E-state index < -0.39 is 0 Å². The lowest BCUT2D eigenvalue weighted by molar-refractivity contribution is 0.238. The number of hydrogen-bond donors (Lipinski definition) is 1. The minimum absolute atomic E-state index is 0.752. The summed E-state index contributed by atoms with van der Waals surface area (Å²) in [6.45, 7) is 9.70. The van der Waals surface area contributed by atoms with Crippen LogP contribution in [0.2, 0.25) is 0 Å². The fourth-order valence-corrected chi connectivity index (χ4v) is 3.20. The van der Waals surface area contributed by atoms with Crippen LogP contribution in [0.4, 0.5) is 0 Å². The van der Waals surface area contributed by atoms with Gasteiger partial charge in [-0.05, 0) is 71.2 Å². The molecule has 94 valence electrons. The predicted molar refractivity (Wildman–Crippen MR) is 68.5 cm³/mol. The highest BCUT2D eigenvalue weighted by atomic mass is 15.2. The molecule has 16 heavy (non-hydrogen) atoms. The molecule has 0 bridgehead atoms. The van der Waals surface area contributed by atoms with Crippen molar-refractivity contribution in [2.75, 3.05) is 39.3 Å². The quantitative estimate of drug-likeness (QED) is 0.761. The number of likely N-dealkylation sites (tertiary alicyclic amines) is 2. The Hall–Kier alpha value is -0.120. The molecule has 3 heteroatoms. The Balaban J connectivity index is 1.62. The molecule has 2 fully saturated rings. The van der Waals surface area contributed by atoms with E-state index in [0.29, 0.717) is 0 Å². The van der Waals surface area contributed by atoms with Crippen LogP contribution in [0.1, 0.15) is 32.6 Å². The Kier molecular flexibility index (Phi) is 4.62. The summed E-state index contributed by atoms with van der Waals surface area (Å²) in [6, 6.07) is 0.757. The molecule has 0 radical (unpaired) electrons. The maximum absolute atomic E-state index is 5.75. The van der Waals surface area contributed by atoms with Crippen molar-refractivity contribution in [2.24, 2.45) is 11.7 Å². The van der Waals surface area contributed by atoms with Crippen LogP contribution in [-0.4, -0.2) is 55.1 Å². The molecular weight excluding hydrogens is 198 g/mol. The smallest absolute Gasteiger partial charge is 0.00706 e. The van der Waals surface area contributed by atoms with E-state index in [4.69, 9.17) is 5.73 Å². The van der Waals surface area contributed by atoms with Crippen LogP contribution in [-0.2, 0) is 0 Å². The molecule has 2 atom stereocenters. The predicted octanol–water partition coefficient (Wildman–Crippen LogP) is 1.14. The van der Waals surface area contributed by atoms with Gasteiger partial charge < -0.3 is 15.5 Å². The zero-order chi connectivity index (χ0) is 11.4. The third-order valence-corrected chi connectivity index (χ3v) is 4.24. The molecule has 0 spiro atoms. The Morgan fingerprint density at radius 1 is 1.19 bits per heavy atom. The van der Waals surface area contributed by atoms with Crippen molar-refractivity contribution in [1.82, 2.24) is 9.80 Å². The van der Waals surface area contributed by atoms with Crippen LogP contribution < -0.4 is 5.73 Å². The number of nitrogens with two attached hydrogens (primary N) is 1. The number of hydrogen-bond acceptors (Lipinski definition) is 3. The minimum atomic E-state index is 0.752. The summed E-state index contributed by atoms with van der Waals surface area (Å²) in [5.74, 6) is 0.752. The molecule has 2 heterocycles. The van der Waals surface area contributed by atoms with Gasteiger partial charge in [0.2, 0.25) is 0 Å². The van der Waals surface area contributed by atoms with Gasteiger partial charge in [-0.15, -0.1) is 0 Å². The van der Waals surface area contributed by atoms with E-state index in [-0.39, 0.29) is 0 Å². The van der Waals surface area contributed by atoms with E-state index in [0.717, 1.165) is 18.5 Å². The SMILES string of the molecule is CC1CC(CN)CN1CCCN1CCCC1. The highest BCUT2D eigenvalue weighted by Crippen LogP contribution is 2.22. The van der Waals surface area contributed by atoms with Crippen molar-refractivity contribution < 1.29 is 0 Å². The van der Waals surface area contributed by atoms with E-state index in [1.54, 1.807) is 0 Å². The van der Waals surface area contributed by atoms with Gasteiger partial charge in [-0.3, -0.25) is 0 Å². The molecule has 2 aliphatic rings. The van der Waals surface area contributed by atoms with E-state index in [1.165, 1.54) is 58.4 Å². The molecule has 2 aliphatic heterocycles. The van der Waals surface area contributed by atoms with Crippen LogP contribution in [0, 0.1) is 5.92 Å². The summed E-state index contributed by atoms with van der Waals surface area (Å²) in [5, 5.41) is 0. The van der Waals surface area contributed by atoms with E-state index in [1.807, 2.05) is 0 Å². The molecule has 0 aromatic heterocycles. The normalized spacial score (nSPS) is 32.6. The fourth-order valence-electron chi connectivity index (χ4n) is 3.20. The van der Waals surface area contributed by atoms with Gasteiger partial charge in [0.15, 0.2) is 0 Å².